The minimum absolute atomic E-state index is 0.344. The van der Waals surface area contributed by atoms with Gasteiger partial charge in [0.1, 0.15) is 17.8 Å². The molecule has 0 aliphatic rings. The van der Waals surface area contributed by atoms with Crippen molar-refractivity contribution in [3.05, 3.63) is 47.9 Å². The Bertz CT molecular complexity index is 841. The molecule has 4 N–H and O–H groups in total. The van der Waals surface area contributed by atoms with E-state index in [1.54, 1.807) is 0 Å². The molecule has 0 saturated heterocycles. The van der Waals surface area contributed by atoms with E-state index in [0.717, 1.165) is 17.3 Å². The lowest BCUT2D eigenvalue weighted by atomic mass is 10.1. The van der Waals surface area contributed by atoms with Gasteiger partial charge >= 0.3 is 0 Å². The van der Waals surface area contributed by atoms with Crippen LogP contribution in [0.4, 0.5) is 10.6 Å². The molecule has 0 aliphatic carbocycles. The second-order valence-electron chi connectivity index (χ2n) is 4.99. The lowest BCUT2D eigenvalue weighted by molar-refractivity contribution is 0.267. The maximum Gasteiger partial charge on any atom is 0.281 e. The summed E-state index contributed by atoms with van der Waals surface area (Å²) in [5, 5.41) is 0.177. The molecule has 112 valence electrons. The first-order valence-electron chi connectivity index (χ1n) is 6.66. The fourth-order valence-electron chi connectivity index (χ4n) is 2.31. The number of rotatable bonds is 3. The van der Waals surface area contributed by atoms with Crippen LogP contribution in [-0.4, -0.2) is 19.8 Å². The fourth-order valence-corrected chi connectivity index (χ4v) is 3.00. The lowest BCUT2D eigenvalue weighted by Gasteiger charge is -2.05. The third-order valence-corrected chi connectivity index (χ3v) is 4.06. The molecule has 22 heavy (non-hydrogen) atoms. The highest BCUT2D eigenvalue weighted by Crippen LogP contribution is 2.32. The molecule has 3 rings (SSSR count). The first kappa shape index (κ1) is 14.4. The highest BCUT2D eigenvalue weighted by molar-refractivity contribution is 8.13. The van der Waals surface area contributed by atoms with Gasteiger partial charge in [0.25, 0.3) is 5.24 Å². The maximum absolute atomic E-state index is 11.2. The van der Waals surface area contributed by atoms with Gasteiger partial charge in [0.15, 0.2) is 0 Å². The summed E-state index contributed by atoms with van der Waals surface area (Å²) in [5.74, 6) is 0.344. The molecule has 0 aliphatic heterocycles. The number of primary amides is 1. The predicted molar refractivity (Wildman–Crippen MR) is 87.7 cm³/mol. The first-order chi connectivity index (χ1) is 10.5. The molecule has 1 aromatic carbocycles. The molecule has 0 atom stereocenters. The van der Waals surface area contributed by atoms with Gasteiger partial charge in [-0.1, -0.05) is 29.8 Å². The van der Waals surface area contributed by atoms with Gasteiger partial charge < -0.3 is 16.0 Å². The number of fused-ring (bicyclic) bond motifs is 1. The molecule has 0 fully saturated rings. The van der Waals surface area contributed by atoms with Gasteiger partial charge in [-0.15, -0.1) is 0 Å². The van der Waals surface area contributed by atoms with Crippen LogP contribution < -0.4 is 11.5 Å². The van der Waals surface area contributed by atoms with Gasteiger partial charge in [-0.05, 0) is 24.2 Å². The number of nitrogens with two attached hydrogens (primary N) is 2. The molecular weight excluding hydrogens is 298 g/mol. The Kier molecular flexibility index (Phi) is 3.72. The summed E-state index contributed by atoms with van der Waals surface area (Å²) in [4.78, 5) is 20.2. The smallest absolute Gasteiger partial charge is 0.281 e. The Hall–Kier alpha value is -2.54. The van der Waals surface area contributed by atoms with E-state index < -0.39 is 5.24 Å². The fraction of sp³-hybridized carbons (Fsp3) is 0.133. The van der Waals surface area contributed by atoms with Crippen molar-refractivity contribution in [1.82, 2.24) is 14.5 Å². The number of nitrogens with zero attached hydrogens (tertiary/aromatic N) is 3. The topological polar surface area (TPSA) is 99.8 Å². The van der Waals surface area contributed by atoms with Crippen LogP contribution in [0.5, 0.6) is 0 Å². The number of carbonyl (C=O) groups is 1. The zero-order valence-electron chi connectivity index (χ0n) is 12.0. The second kappa shape index (κ2) is 5.69. The van der Waals surface area contributed by atoms with Gasteiger partial charge in [0, 0.05) is 17.6 Å². The van der Waals surface area contributed by atoms with Gasteiger partial charge in [-0.3, -0.25) is 4.79 Å². The molecule has 3 aromatic rings. The van der Waals surface area contributed by atoms with Crippen molar-refractivity contribution in [3.8, 4) is 0 Å². The minimum atomic E-state index is -0.488. The van der Waals surface area contributed by atoms with Gasteiger partial charge in [-0.25, -0.2) is 9.97 Å². The average Bonchev–Trinajstić information content (AvgIpc) is 2.80. The lowest BCUT2D eigenvalue weighted by Crippen LogP contribution is -2.01. The number of anilines is 1. The number of hydrogen-bond acceptors (Lipinski definition) is 5. The van der Waals surface area contributed by atoms with E-state index in [1.807, 2.05) is 17.7 Å². The van der Waals surface area contributed by atoms with Crippen molar-refractivity contribution in [2.75, 3.05) is 5.73 Å². The second-order valence-corrected chi connectivity index (χ2v) is 6.03. The van der Waals surface area contributed by atoms with E-state index >= 15 is 0 Å². The van der Waals surface area contributed by atoms with E-state index in [0.29, 0.717) is 28.3 Å². The predicted octanol–water partition coefficient (Wildman–Crippen LogP) is 2.54. The number of aromatic nitrogens is 3. The Labute approximate surface area is 131 Å². The monoisotopic (exact) mass is 313 g/mol. The van der Waals surface area contributed by atoms with Gasteiger partial charge in [0.05, 0.1) is 5.39 Å². The molecule has 0 radical (unpaired) electrons. The van der Waals surface area contributed by atoms with Crippen LogP contribution in [-0.2, 0) is 6.54 Å². The summed E-state index contributed by atoms with van der Waals surface area (Å²) < 4.78 is 1.95. The molecule has 7 heteroatoms. The third kappa shape index (κ3) is 2.75. The van der Waals surface area contributed by atoms with Crippen LogP contribution in [0, 0.1) is 6.92 Å². The van der Waals surface area contributed by atoms with E-state index in [1.165, 1.54) is 11.9 Å². The Morgan fingerprint density at radius 2 is 2.00 bits per heavy atom. The Balaban J connectivity index is 2.07. The molecule has 0 saturated carbocycles. The number of benzene rings is 1. The van der Waals surface area contributed by atoms with Crippen molar-refractivity contribution >= 4 is 33.9 Å². The van der Waals surface area contributed by atoms with Crippen molar-refractivity contribution in [2.45, 2.75) is 18.4 Å². The Morgan fingerprint density at radius 1 is 1.27 bits per heavy atom. The standard InChI is InChI=1S/C15H15N5OS/c1-9-2-4-10(5-3-9)6-20-7-11(22-15(17)21)12-13(16)18-8-19-14(12)20/h2-5,7-8H,6H2,1H3,(H2,17,21)(H2,16,18,19). The largest absolute Gasteiger partial charge is 0.383 e. The van der Waals surface area contributed by atoms with Crippen LogP contribution >= 0.6 is 11.8 Å². The number of carbonyl (C=O) groups excluding carboxylic acids is 1. The number of thioether (sulfide) groups is 1. The number of nitrogen functional groups attached to an aromatic ring is 1. The SMILES string of the molecule is Cc1ccc(Cn2cc(SC(N)=O)c3c(N)ncnc32)cc1. The summed E-state index contributed by atoms with van der Waals surface area (Å²) in [6, 6.07) is 8.24. The van der Waals surface area contributed by atoms with E-state index in [-0.39, 0.29) is 0 Å². The number of amides is 1. The quantitative estimate of drug-likeness (QED) is 0.724. The number of aryl methyl sites for hydroxylation is 1. The molecule has 0 spiro atoms. The zero-order chi connectivity index (χ0) is 15.7. The average molecular weight is 313 g/mol. The van der Waals surface area contributed by atoms with Crippen molar-refractivity contribution in [3.63, 3.8) is 0 Å². The molecular formula is C15H15N5OS. The first-order valence-corrected chi connectivity index (χ1v) is 7.48. The highest BCUT2D eigenvalue weighted by Gasteiger charge is 2.15. The van der Waals surface area contributed by atoms with Gasteiger partial charge in [0.2, 0.25) is 0 Å². The third-order valence-electron chi connectivity index (χ3n) is 3.33. The summed E-state index contributed by atoms with van der Waals surface area (Å²) >= 11 is 0.934. The maximum atomic E-state index is 11.2. The van der Waals surface area contributed by atoms with Crippen LogP contribution in [0.3, 0.4) is 0 Å². The molecule has 0 bridgehead atoms. The van der Waals surface area contributed by atoms with Gasteiger partial charge in [-0.2, -0.15) is 0 Å². The van der Waals surface area contributed by atoms with Crippen molar-refractivity contribution in [2.24, 2.45) is 5.73 Å². The molecule has 6 nitrogen and oxygen atoms in total. The van der Waals surface area contributed by atoms with E-state index in [9.17, 15) is 4.79 Å². The van der Waals surface area contributed by atoms with Crippen LogP contribution in [0.1, 0.15) is 11.1 Å². The van der Waals surface area contributed by atoms with Crippen molar-refractivity contribution in [1.29, 1.82) is 0 Å². The van der Waals surface area contributed by atoms with Crippen LogP contribution in [0.2, 0.25) is 0 Å². The molecule has 2 aromatic heterocycles. The normalized spacial score (nSPS) is 11.0. The molecule has 1 amide bonds. The van der Waals surface area contributed by atoms with Crippen LogP contribution in [0.25, 0.3) is 11.0 Å². The summed E-state index contributed by atoms with van der Waals surface area (Å²) in [7, 11) is 0. The summed E-state index contributed by atoms with van der Waals surface area (Å²) in [6.45, 7) is 2.68. The summed E-state index contributed by atoms with van der Waals surface area (Å²) in [5.41, 5.74) is 14.2. The molecule has 0 unspecified atom stereocenters. The number of hydrogen-bond donors (Lipinski definition) is 2. The summed E-state index contributed by atoms with van der Waals surface area (Å²) in [6.07, 6.45) is 3.26. The minimum Gasteiger partial charge on any atom is -0.383 e. The van der Waals surface area contributed by atoms with E-state index in [4.69, 9.17) is 11.5 Å². The van der Waals surface area contributed by atoms with Crippen molar-refractivity contribution < 1.29 is 4.79 Å². The molecule has 2 heterocycles. The van der Waals surface area contributed by atoms with Crippen LogP contribution in [0.15, 0.2) is 41.7 Å². The Morgan fingerprint density at radius 3 is 2.68 bits per heavy atom. The van der Waals surface area contributed by atoms with E-state index in [2.05, 4.69) is 34.2 Å². The highest BCUT2D eigenvalue weighted by atomic mass is 32.2. The zero-order valence-corrected chi connectivity index (χ0v) is 12.8.